The molecule has 0 bridgehead atoms. The van der Waals surface area contributed by atoms with E-state index in [2.05, 4.69) is 5.32 Å². The summed E-state index contributed by atoms with van der Waals surface area (Å²) >= 11 is 0. The Morgan fingerprint density at radius 2 is 1.79 bits per heavy atom. The van der Waals surface area contributed by atoms with Crippen LogP contribution in [0.4, 0.5) is 8.78 Å². The monoisotopic (exact) mass is 402 g/mol. The first-order chi connectivity index (χ1) is 13.3. The Labute approximate surface area is 165 Å². The van der Waals surface area contributed by atoms with E-state index in [1.807, 2.05) is 0 Å². The first kappa shape index (κ1) is 21.4. The maximum atomic E-state index is 14.0. The van der Waals surface area contributed by atoms with E-state index in [1.54, 1.807) is 18.7 Å². The number of piperidine rings is 1. The van der Waals surface area contributed by atoms with Crippen LogP contribution in [0, 0.1) is 17.8 Å². The van der Waals surface area contributed by atoms with E-state index in [1.165, 1.54) is 0 Å². The van der Waals surface area contributed by atoms with Crippen LogP contribution >= 0.6 is 0 Å². The third kappa shape index (κ3) is 5.00. The lowest BCUT2D eigenvalue weighted by Crippen LogP contribution is -2.51. The maximum absolute atomic E-state index is 14.0. The standard InChI is InChI=1S/C20H32F2N2O4/c1-3-27-18(25)16-8-15-7-13(5-6-14(15)10-23-16)11-24-12-20(21,22)9-17(24)19(26)28-4-2/h13-17,23H,3-12H2,1-2H3/t13-,14?,15?,16-,17-/m0/s1. The number of nitrogens with one attached hydrogen (secondary N) is 1. The number of alkyl halides is 2. The molecule has 8 heteroatoms. The lowest BCUT2D eigenvalue weighted by Gasteiger charge is -2.43. The molecule has 0 spiro atoms. The average molecular weight is 402 g/mol. The van der Waals surface area contributed by atoms with Gasteiger partial charge < -0.3 is 14.8 Å². The van der Waals surface area contributed by atoms with Gasteiger partial charge in [-0.3, -0.25) is 14.5 Å². The van der Waals surface area contributed by atoms with Gasteiger partial charge in [0.05, 0.1) is 19.8 Å². The van der Waals surface area contributed by atoms with Crippen molar-refractivity contribution < 1.29 is 27.8 Å². The zero-order valence-electron chi connectivity index (χ0n) is 16.8. The van der Waals surface area contributed by atoms with Crippen molar-refractivity contribution in [2.45, 2.75) is 64.0 Å². The van der Waals surface area contributed by atoms with Gasteiger partial charge >= 0.3 is 11.9 Å². The molecule has 2 unspecified atom stereocenters. The van der Waals surface area contributed by atoms with Crippen molar-refractivity contribution in [1.82, 2.24) is 10.2 Å². The van der Waals surface area contributed by atoms with Crippen molar-refractivity contribution in [1.29, 1.82) is 0 Å². The Bertz CT molecular complexity index is 574. The highest BCUT2D eigenvalue weighted by molar-refractivity contribution is 5.76. The van der Waals surface area contributed by atoms with Crippen LogP contribution in [0.2, 0.25) is 0 Å². The fraction of sp³-hybridized carbons (Fsp3) is 0.900. The van der Waals surface area contributed by atoms with E-state index in [4.69, 9.17) is 9.47 Å². The normalized spacial score (nSPS) is 35.2. The minimum atomic E-state index is -2.85. The van der Waals surface area contributed by atoms with E-state index in [0.717, 1.165) is 32.2 Å². The molecule has 3 aliphatic rings. The van der Waals surface area contributed by atoms with Gasteiger partial charge in [-0.1, -0.05) is 0 Å². The molecule has 1 N–H and O–H groups in total. The smallest absolute Gasteiger partial charge is 0.323 e. The van der Waals surface area contributed by atoms with Crippen molar-refractivity contribution >= 4 is 11.9 Å². The minimum absolute atomic E-state index is 0.199. The van der Waals surface area contributed by atoms with E-state index in [9.17, 15) is 18.4 Å². The Morgan fingerprint density at radius 1 is 1.07 bits per heavy atom. The molecule has 3 fully saturated rings. The van der Waals surface area contributed by atoms with Crippen LogP contribution in [0.15, 0.2) is 0 Å². The first-order valence-corrected chi connectivity index (χ1v) is 10.5. The van der Waals surface area contributed by atoms with Crippen LogP contribution in [0.3, 0.4) is 0 Å². The molecule has 160 valence electrons. The Kier molecular flexibility index (Phi) is 6.91. The second kappa shape index (κ2) is 9.03. The molecular weight excluding hydrogens is 370 g/mol. The number of carbonyl (C=O) groups excluding carboxylic acids is 2. The molecule has 1 saturated carbocycles. The predicted octanol–water partition coefficient (Wildman–Crippen LogP) is 2.22. The number of rotatable bonds is 6. The topological polar surface area (TPSA) is 67.9 Å². The van der Waals surface area contributed by atoms with Gasteiger partial charge in [0.1, 0.15) is 12.1 Å². The van der Waals surface area contributed by atoms with Crippen LogP contribution in [0.25, 0.3) is 0 Å². The number of hydrogen-bond acceptors (Lipinski definition) is 6. The van der Waals surface area contributed by atoms with Crippen molar-refractivity contribution in [3.05, 3.63) is 0 Å². The van der Waals surface area contributed by atoms with E-state index >= 15 is 0 Å². The summed E-state index contributed by atoms with van der Waals surface area (Å²) in [4.78, 5) is 25.8. The van der Waals surface area contributed by atoms with Crippen molar-refractivity contribution in [3.63, 3.8) is 0 Å². The highest BCUT2D eigenvalue weighted by Crippen LogP contribution is 2.41. The molecule has 2 saturated heterocycles. The molecule has 2 aliphatic heterocycles. The Hall–Kier alpha value is -1.28. The highest BCUT2D eigenvalue weighted by Gasteiger charge is 2.49. The number of carbonyl (C=O) groups is 2. The third-order valence-corrected chi connectivity index (χ3v) is 6.40. The third-order valence-electron chi connectivity index (χ3n) is 6.40. The molecule has 0 radical (unpaired) electrons. The largest absolute Gasteiger partial charge is 0.465 e. The lowest BCUT2D eigenvalue weighted by atomic mass is 9.69. The van der Waals surface area contributed by atoms with Gasteiger partial charge in [-0.25, -0.2) is 8.78 Å². The zero-order valence-corrected chi connectivity index (χ0v) is 16.8. The lowest BCUT2D eigenvalue weighted by molar-refractivity contribution is -0.149. The van der Waals surface area contributed by atoms with Crippen LogP contribution in [0.1, 0.15) is 46.0 Å². The number of halogens is 2. The number of ether oxygens (including phenoxy) is 2. The van der Waals surface area contributed by atoms with E-state index in [0.29, 0.717) is 25.0 Å². The molecule has 0 amide bonds. The number of nitrogens with zero attached hydrogens (tertiary/aromatic N) is 1. The summed E-state index contributed by atoms with van der Waals surface area (Å²) in [6.07, 6.45) is 3.16. The summed E-state index contributed by atoms with van der Waals surface area (Å²) in [6.45, 7) is 4.96. The minimum Gasteiger partial charge on any atom is -0.465 e. The molecule has 6 nitrogen and oxygen atoms in total. The van der Waals surface area contributed by atoms with Crippen molar-refractivity contribution in [3.8, 4) is 0 Å². The summed E-state index contributed by atoms with van der Waals surface area (Å²) in [5, 5.41) is 3.29. The van der Waals surface area contributed by atoms with Crippen LogP contribution < -0.4 is 5.32 Å². The van der Waals surface area contributed by atoms with E-state index in [-0.39, 0.29) is 31.1 Å². The van der Waals surface area contributed by atoms with Crippen LogP contribution in [-0.4, -0.2) is 67.7 Å². The SMILES string of the molecule is CCOC(=O)[C@@H]1CC2C[C@@H](CN3CC(F)(F)C[C@H]3C(=O)OCC)CCC2CN1. The molecule has 2 heterocycles. The van der Waals surface area contributed by atoms with Gasteiger partial charge in [-0.05, 0) is 63.8 Å². The fourth-order valence-electron chi connectivity index (χ4n) is 5.13. The number of esters is 2. The van der Waals surface area contributed by atoms with E-state index < -0.39 is 24.4 Å². The van der Waals surface area contributed by atoms with Crippen molar-refractivity contribution in [2.24, 2.45) is 17.8 Å². The van der Waals surface area contributed by atoms with Crippen LogP contribution in [-0.2, 0) is 19.1 Å². The zero-order chi connectivity index (χ0) is 20.3. The number of likely N-dealkylation sites (tertiary alicyclic amines) is 1. The molecule has 1 aliphatic carbocycles. The Morgan fingerprint density at radius 3 is 2.50 bits per heavy atom. The predicted molar refractivity (Wildman–Crippen MR) is 98.9 cm³/mol. The summed E-state index contributed by atoms with van der Waals surface area (Å²) in [7, 11) is 0. The molecule has 28 heavy (non-hydrogen) atoms. The second-order valence-corrected chi connectivity index (χ2v) is 8.41. The van der Waals surface area contributed by atoms with Gasteiger partial charge in [0.2, 0.25) is 0 Å². The second-order valence-electron chi connectivity index (χ2n) is 8.41. The van der Waals surface area contributed by atoms with Gasteiger partial charge in [-0.15, -0.1) is 0 Å². The highest BCUT2D eigenvalue weighted by atomic mass is 19.3. The number of hydrogen-bond donors (Lipinski definition) is 1. The molecule has 5 atom stereocenters. The van der Waals surface area contributed by atoms with Gasteiger partial charge in [0.25, 0.3) is 5.92 Å². The summed E-state index contributed by atoms with van der Waals surface area (Å²) in [5.74, 6) is -2.44. The first-order valence-electron chi connectivity index (χ1n) is 10.5. The average Bonchev–Trinajstić information content (AvgIpc) is 2.96. The van der Waals surface area contributed by atoms with Gasteiger partial charge in [0, 0.05) is 13.0 Å². The Balaban J connectivity index is 1.59. The maximum Gasteiger partial charge on any atom is 0.323 e. The van der Waals surface area contributed by atoms with Gasteiger partial charge in [0.15, 0.2) is 0 Å². The summed E-state index contributed by atoms with van der Waals surface area (Å²) in [6, 6.07) is -1.13. The van der Waals surface area contributed by atoms with Crippen molar-refractivity contribution in [2.75, 3.05) is 32.8 Å². The van der Waals surface area contributed by atoms with Gasteiger partial charge in [-0.2, -0.15) is 0 Å². The molecule has 0 aromatic carbocycles. The molecule has 3 rings (SSSR count). The quantitative estimate of drug-likeness (QED) is 0.687. The summed E-state index contributed by atoms with van der Waals surface area (Å²) < 4.78 is 38.1. The fourth-order valence-corrected chi connectivity index (χ4v) is 5.13. The molecule has 0 aromatic heterocycles. The van der Waals surface area contributed by atoms with Crippen LogP contribution in [0.5, 0.6) is 0 Å². The molecule has 0 aromatic rings. The number of fused-ring (bicyclic) bond motifs is 1. The molecular formula is C20H32F2N2O4. The summed E-state index contributed by atoms with van der Waals surface area (Å²) in [5.41, 5.74) is 0.